The van der Waals surface area contributed by atoms with Crippen LogP contribution in [-0.2, 0) is 16.1 Å². The average Bonchev–Trinajstić information content (AvgIpc) is 2.80. The molecule has 108 valence electrons. The normalized spacial score (nSPS) is 11.6. The second kappa shape index (κ2) is 6.50. The topological polar surface area (TPSA) is 122 Å². The Morgan fingerprint density at radius 3 is 2.45 bits per heavy atom. The van der Waals surface area contributed by atoms with Gasteiger partial charge in [0.05, 0.1) is 6.54 Å². The van der Waals surface area contributed by atoms with Crippen LogP contribution in [0.4, 0.5) is 4.79 Å². The summed E-state index contributed by atoms with van der Waals surface area (Å²) >= 11 is 0. The van der Waals surface area contributed by atoms with E-state index in [4.69, 9.17) is 9.63 Å². The van der Waals surface area contributed by atoms with E-state index in [0.717, 1.165) is 0 Å². The number of hydrogen-bond acceptors (Lipinski definition) is 5. The summed E-state index contributed by atoms with van der Waals surface area (Å²) < 4.78 is 4.81. The second-order valence-electron chi connectivity index (χ2n) is 4.12. The van der Waals surface area contributed by atoms with E-state index in [1.807, 2.05) is 5.32 Å². The molecule has 0 aliphatic heterocycles. The molecule has 0 spiro atoms. The fourth-order valence-corrected chi connectivity index (χ4v) is 1.24. The molecule has 0 atom stereocenters. The number of rotatable bonds is 4. The zero-order valence-corrected chi connectivity index (χ0v) is 11.3. The molecule has 0 fully saturated rings. The molecule has 8 nitrogen and oxygen atoms in total. The lowest BCUT2D eigenvalue weighted by Gasteiger charge is -2.06. The zero-order chi connectivity index (χ0) is 15.3. The quantitative estimate of drug-likeness (QED) is 0.699. The van der Waals surface area contributed by atoms with Gasteiger partial charge in [-0.1, -0.05) is 5.16 Å². The molecule has 0 aliphatic rings. The molecule has 0 aromatic carbocycles. The molecule has 0 bridgehead atoms. The Labute approximate surface area is 114 Å². The monoisotopic (exact) mass is 281 g/mol. The smallest absolute Gasteiger partial charge is 0.331 e. The van der Waals surface area contributed by atoms with Crippen LogP contribution < -0.4 is 10.6 Å². The molecule has 0 unspecified atom stereocenters. The van der Waals surface area contributed by atoms with E-state index in [1.54, 1.807) is 13.0 Å². The first-order chi connectivity index (χ1) is 9.31. The molecular formula is C12H15N3O5. The van der Waals surface area contributed by atoms with Gasteiger partial charge in [0.25, 0.3) is 5.91 Å². The Morgan fingerprint density at radius 1 is 1.30 bits per heavy atom. The number of carbonyl (C=O) groups excluding carboxylic acids is 2. The molecular weight excluding hydrogens is 266 g/mol. The van der Waals surface area contributed by atoms with E-state index < -0.39 is 17.9 Å². The highest BCUT2D eigenvalue weighted by atomic mass is 16.5. The van der Waals surface area contributed by atoms with Crippen LogP contribution >= 0.6 is 0 Å². The highest BCUT2D eigenvalue weighted by Crippen LogP contribution is 2.03. The average molecular weight is 281 g/mol. The summed E-state index contributed by atoms with van der Waals surface area (Å²) in [5.74, 6) is -1.37. The third-order valence-corrected chi connectivity index (χ3v) is 2.56. The van der Waals surface area contributed by atoms with Crippen LogP contribution in [0.3, 0.4) is 0 Å². The van der Waals surface area contributed by atoms with Crippen LogP contribution in [0.15, 0.2) is 21.7 Å². The SMILES string of the molecule is CC(C(=O)O)=C(C)C(=O)NC(=O)NCc1cc(C)on1. The van der Waals surface area contributed by atoms with Crippen molar-refractivity contribution in [3.05, 3.63) is 28.7 Å². The number of imide groups is 1. The number of amides is 3. The Bertz CT molecular complexity index is 573. The largest absolute Gasteiger partial charge is 0.478 e. The van der Waals surface area contributed by atoms with Gasteiger partial charge in [0, 0.05) is 17.2 Å². The minimum Gasteiger partial charge on any atom is -0.478 e. The molecule has 1 rings (SSSR count). The van der Waals surface area contributed by atoms with Gasteiger partial charge >= 0.3 is 12.0 Å². The summed E-state index contributed by atoms with van der Waals surface area (Å²) in [5.41, 5.74) is 0.353. The van der Waals surface area contributed by atoms with Crippen molar-refractivity contribution < 1.29 is 24.0 Å². The van der Waals surface area contributed by atoms with Crippen LogP contribution in [0.25, 0.3) is 0 Å². The van der Waals surface area contributed by atoms with Crippen molar-refractivity contribution >= 4 is 17.9 Å². The molecule has 3 N–H and O–H groups in total. The van der Waals surface area contributed by atoms with E-state index in [2.05, 4.69) is 10.5 Å². The van der Waals surface area contributed by atoms with Gasteiger partial charge < -0.3 is 14.9 Å². The number of carboxylic acid groups (broad SMARTS) is 1. The van der Waals surface area contributed by atoms with Gasteiger partial charge in [0.15, 0.2) is 0 Å². The van der Waals surface area contributed by atoms with E-state index in [1.165, 1.54) is 13.8 Å². The lowest BCUT2D eigenvalue weighted by molar-refractivity contribution is -0.133. The third kappa shape index (κ3) is 4.23. The Hall–Kier alpha value is -2.64. The molecule has 1 aromatic rings. The molecule has 1 heterocycles. The van der Waals surface area contributed by atoms with Crippen molar-refractivity contribution in [1.29, 1.82) is 0 Å². The van der Waals surface area contributed by atoms with Gasteiger partial charge in [0.2, 0.25) is 0 Å². The highest BCUT2D eigenvalue weighted by Gasteiger charge is 2.15. The number of nitrogens with zero attached hydrogens (tertiary/aromatic N) is 1. The lowest BCUT2D eigenvalue weighted by Crippen LogP contribution is -2.39. The molecule has 0 saturated carbocycles. The molecule has 20 heavy (non-hydrogen) atoms. The number of aryl methyl sites for hydroxylation is 1. The molecule has 0 radical (unpaired) electrons. The standard InChI is InChI=1S/C12H15N3O5/c1-6-4-9(15-20-6)5-13-12(19)14-10(16)7(2)8(3)11(17)18/h4H,5H2,1-3H3,(H,17,18)(H2,13,14,16,19). The number of hydrogen-bond donors (Lipinski definition) is 3. The molecule has 0 aliphatic carbocycles. The van der Waals surface area contributed by atoms with Crippen LogP contribution in [0.1, 0.15) is 25.3 Å². The number of aliphatic carboxylic acids is 1. The Kier molecular flexibility index (Phi) is 5.01. The van der Waals surface area contributed by atoms with Gasteiger partial charge in [-0.3, -0.25) is 10.1 Å². The van der Waals surface area contributed by atoms with Crippen molar-refractivity contribution in [2.75, 3.05) is 0 Å². The second-order valence-corrected chi connectivity index (χ2v) is 4.12. The number of carbonyl (C=O) groups is 3. The van der Waals surface area contributed by atoms with Gasteiger partial charge in [-0.25, -0.2) is 9.59 Å². The number of urea groups is 1. The minimum atomic E-state index is -1.21. The maximum atomic E-state index is 11.6. The summed E-state index contributed by atoms with van der Waals surface area (Å²) in [5, 5.41) is 16.8. The minimum absolute atomic E-state index is 0.0371. The highest BCUT2D eigenvalue weighted by molar-refractivity contribution is 6.07. The first kappa shape index (κ1) is 15.4. The van der Waals surface area contributed by atoms with Crippen molar-refractivity contribution in [2.45, 2.75) is 27.3 Å². The van der Waals surface area contributed by atoms with Crippen molar-refractivity contribution in [3.8, 4) is 0 Å². The maximum absolute atomic E-state index is 11.6. The molecule has 8 heteroatoms. The fraction of sp³-hybridized carbons (Fsp3) is 0.333. The van der Waals surface area contributed by atoms with E-state index >= 15 is 0 Å². The Morgan fingerprint density at radius 2 is 1.95 bits per heavy atom. The molecule has 1 aromatic heterocycles. The van der Waals surface area contributed by atoms with E-state index in [-0.39, 0.29) is 17.7 Å². The van der Waals surface area contributed by atoms with Gasteiger partial charge in [0.1, 0.15) is 11.5 Å². The van der Waals surface area contributed by atoms with Gasteiger partial charge in [-0.15, -0.1) is 0 Å². The van der Waals surface area contributed by atoms with Crippen LogP contribution in [0.2, 0.25) is 0 Å². The summed E-state index contributed by atoms with van der Waals surface area (Å²) in [6.45, 7) is 4.42. The van der Waals surface area contributed by atoms with Crippen LogP contribution in [0, 0.1) is 6.92 Å². The maximum Gasteiger partial charge on any atom is 0.331 e. The Balaban J connectivity index is 2.52. The van der Waals surface area contributed by atoms with Crippen molar-refractivity contribution in [1.82, 2.24) is 15.8 Å². The first-order valence-electron chi connectivity index (χ1n) is 5.73. The van der Waals surface area contributed by atoms with Crippen molar-refractivity contribution in [2.24, 2.45) is 0 Å². The van der Waals surface area contributed by atoms with Gasteiger partial charge in [-0.05, 0) is 20.8 Å². The first-order valence-corrected chi connectivity index (χ1v) is 5.73. The summed E-state index contributed by atoms with van der Waals surface area (Å²) in [6.07, 6.45) is 0. The fourth-order valence-electron chi connectivity index (χ4n) is 1.24. The molecule has 3 amide bonds. The van der Waals surface area contributed by atoms with Crippen LogP contribution in [-0.4, -0.2) is 28.2 Å². The summed E-state index contributed by atoms with van der Waals surface area (Å²) in [4.78, 5) is 33.7. The van der Waals surface area contributed by atoms with Crippen molar-refractivity contribution in [3.63, 3.8) is 0 Å². The lowest BCUT2D eigenvalue weighted by atomic mass is 10.1. The number of aromatic nitrogens is 1. The number of nitrogens with one attached hydrogen (secondary N) is 2. The molecule has 0 saturated heterocycles. The van der Waals surface area contributed by atoms with E-state index in [9.17, 15) is 14.4 Å². The summed E-state index contributed by atoms with van der Waals surface area (Å²) in [6, 6.07) is 0.898. The summed E-state index contributed by atoms with van der Waals surface area (Å²) in [7, 11) is 0. The zero-order valence-electron chi connectivity index (χ0n) is 11.3. The predicted octanol–water partition coefficient (Wildman–Crippen LogP) is 0.730. The predicted molar refractivity (Wildman–Crippen MR) is 67.6 cm³/mol. The third-order valence-electron chi connectivity index (χ3n) is 2.56. The van der Waals surface area contributed by atoms with Gasteiger partial charge in [-0.2, -0.15) is 0 Å². The van der Waals surface area contributed by atoms with Crippen LogP contribution in [0.5, 0.6) is 0 Å². The number of carboxylic acids is 1. The van der Waals surface area contributed by atoms with E-state index in [0.29, 0.717) is 11.5 Å².